The Hall–Kier alpha value is -3.69. The molecule has 0 spiro atoms. The average Bonchev–Trinajstić information content (AvgIpc) is 3.14. The molecule has 152 valence electrons. The van der Waals surface area contributed by atoms with Gasteiger partial charge in [0.15, 0.2) is 0 Å². The maximum absolute atomic E-state index is 12.6. The first-order valence-corrected chi connectivity index (χ1v) is 9.12. The standard InChI is InChI=1S/C19H22N6O4/c20-17(21)10-1-3-11(4-2-10)23-18(28)12-5-6-13(12)19(29)24-15(9-16(26)27)14-7-8-22-25-14/h1-4,7-8,12-13,15H,5-6,9H2,(H3,20,21)(H,22,25)(H,23,28)(H,24,29)(H,26,27). The van der Waals surface area contributed by atoms with Gasteiger partial charge in [-0.05, 0) is 43.2 Å². The lowest BCUT2D eigenvalue weighted by Gasteiger charge is -2.35. The summed E-state index contributed by atoms with van der Waals surface area (Å²) in [5, 5.41) is 28.4. The van der Waals surface area contributed by atoms with Crippen molar-refractivity contribution in [2.75, 3.05) is 5.32 Å². The highest BCUT2D eigenvalue weighted by molar-refractivity contribution is 5.98. The zero-order valence-corrected chi connectivity index (χ0v) is 15.5. The van der Waals surface area contributed by atoms with Gasteiger partial charge < -0.3 is 21.5 Å². The van der Waals surface area contributed by atoms with Crippen molar-refractivity contribution in [1.29, 1.82) is 5.41 Å². The Balaban J connectivity index is 1.61. The van der Waals surface area contributed by atoms with Gasteiger partial charge in [0.2, 0.25) is 11.8 Å². The third kappa shape index (κ3) is 4.78. The number of aliphatic carboxylic acids is 1. The summed E-state index contributed by atoms with van der Waals surface area (Å²) in [4.78, 5) is 36.3. The van der Waals surface area contributed by atoms with E-state index in [4.69, 9.17) is 16.2 Å². The molecule has 1 aromatic carbocycles. The summed E-state index contributed by atoms with van der Waals surface area (Å²) >= 11 is 0. The van der Waals surface area contributed by atoms with E-state index in [1.165, 1.54) is 6.20 Å². The van der Waals surface area contributed by atoms with E-state index in [9.17, 15) is 14.4 Å². The van der Waals surface area contributed by atoms with Crippen LogP contribution in [0.4, 0.5) is 5.69 Å². The molecule has 3 rings (SSSR count). The van der Waals surface area contributed by atoms with Crippen molar-refractivity contribution in [3.8, 4) is 0 Å². The first kappa shape index (κ1) is 20.1. The molecule has 10 heteroatoms. The van der Waals surface area contributed by atoms with Crippen molar-refractivity contribution in [3.63, 3.8) is 0 Å². The maximum Gasteiger partial charge on any atom is 0.305 e. The van der Waals surface area contributed by atoms with Crippen LogP contribution >= 0.6 is 0 Å². The van der Waals surface area contributed by atoms with E-state index >= 15 is 0 Å². The number of rotatable bonds is 8. The molecule has 1 fully saturated rings. The number of aromatic nitrogens is 2. The second kappa shape index (κ2) is 8.55. The number of amides is 2. The minimum atomic E-state index is -1.05. The van der Waals surface area contributed by atoms with Gasteiger partial charge in [-0.2, -0.15) is 5.10 Å². The number of carboxylic acid groups (broad SMARTS) is 1. The van der Waals surface area contributed by atoms with Crippen molar-refractivity contribution in [3.05, 3.63) is 47.8 Å². The molecular weight excluding hydrogens is 376 g/mol. The highest BCUT2D eigenvalue weighted by Crippen LogP contribution is 2.36. The number of hydrogen-bond donors (Lipinski definition) is 6. The number of anilines is 1. The summed E-state index contributed by atoms with van der Waals surface area (Å²) in [6.07, 6.45) is 2.31. The fourth-order valence-corrected chi connectivity index (χ4v) is 3.25. The van der Waals surface area contributed by atoms with E-state index in [1.54, 1.807) is 30.3 Å². The van der Waals surface area contributed by atoms with E-state index in [0.717, 1.165) is 0 Å². The number of carboxylic acids is 1. The van der Waals surface area contributed by atoms with Crippen LogP contribution in [0.3, 0.4) is 0 Å². The highest BCUT2D eigenvalue weighted by Gasteiger charge is 2.42. The van der Waals surface area contributed by atoms with Gasteiger partial charge in [-0.1, -0.05) is 0 Å². The fourth-order valence-electron chi connectivity index (χ4n) is 3.25. The lowest BCUT2D eigenvalue weighted by Crippen LogP contribution is -2.47. The van der Waals surface area contributed by atoms with E-state index in [1.807, 2.05) is 0 Å². The quantitative estimate of drug-likeness (QED) is 0.285. The molecular formula is C19H22N6O4. The number of amidine groups is 1. The van der Waals surface area contributed by atoms with Crippen molar-refractivity contribution in [2.24, 2.45) is 17.6 Å². The minimum absolute atomic E-state index is 0.0632. The molecule has 0 aliphatic heterocycles. The largest absolute Gasteiger partial charge is 0.481 e. The third-order valence-electron chi connectivity index (χ3n) is 5.00. The van der Waals surface area contributed by atoms with Crippen LogP contribution in [0, 0.1) is 17.2 Å². The van der Waals surface area contributed by atoms with Crippen molar-refractivity contribution < 1.29 is 19.5 Å². The van der Waals surface area contributed by atoms with Gasteiger partial charge in [0, 0.05) is 29.3 Å². The fraction of sp³-hybridized carbons (Fsp3) is 0.316. The summed E-state index contributed by atoms with van der Waals surface area (Å²) in [6.45, 7) is 0. The van der Waals surface area contributed by atoms with Crippen LogP contribution in [-0.2, 0) is 14.4 Å². The molecule has 2 aromatic rings. The lowest BCUT2D eigenvalue weighted by molar-refractivity contribution is -0.140. The monoisotopic (exact) mass is 398 g/mol. The van der Waals surface area contributed by atoms with E-state index in [-0.39, 0.29) is 24.1 Å². The number of hydrogen-bond acceptors (Lipinski definition) is 5. The van der Waals surface area contributed by atoms with Crippen LogP contribution in [0.5, 0.6) is 0 Å². The minimum Gasteiger partial charge on any atom is -0.481 e. The molecule has 1 aliphatic rings. The summed E-state index contributed by atoms with van der Waals surface area (Å²) in [7, 11) is 0. The second-order valence-corrected chi connectivity index (χ2v) is 6.94. The molecule has 0 radical (unpaired) electrons. The van der Waals surface area contributed by atoms with Crippen LogP contribution in [0.1, 0.15) is 36.6 Å². The van der Waals surface area contributed by atoms with Gasteiger partial charge in [-0.15, -0.1) is 0 Å². The molecule has 0 bridgehead atoms. The number of H-pyrrole nitrogens is 1. The summed E-state index contributed by atoms with van der Waals surface area (Å²) in [5.41, 5.74) is 7.00. The first-order chi connectivity index (χ1) is 13.8. The summed E-state index contributed by atoms with van der Waals surface area (Å²) in [5.74, 6) is -2.76. The topological polar surface area (TPSA) is 174 Å². The zero-order valence-electron chi connectivity index (χ0n) is 15.5. The first-order valence-electron chi connectivity index (χ1n) is 9.12. The molecule has 2 amide bonds. The third-order valence-corrected chi connectivity index (χ3v) is 5.00. The Labute approximate surface area is 166 Å². The molecule has 3 atom stereocenters. The number of benzene rings is 1. The Bertz CT molecular complexity index is 909. The number of carbonyl (C=O) groups is 3. The molecule has 29 heavy (non-hydrogen) atoms. The van der Waals surface area contributed by atoms with Crippen molar-refractivity contribution in [1.82, 2.24) is 15.5 Å². The van der Waals surface area contributed by atoms with Gasteiger partial charge >= 0.3 is 5.97 Å². The molecule has 3 unspecified atom stereocenters. The summed E-state index contributed by atoms with van der Waals surface area (Å²) in [6, 6.07) is 7.40. The van der Waals surface area contributed by atoms with Crippen LogP contribution < -0.4 is 16.4 Å². The van der Waals surface area contributed by atoms with Gasteiger partial charge in [-0.25, -0.2) is 0 Å². The number of carbonyl (C=O) groups excluding carboxylic acids is 2. The number of aromatic amines is 1. The summed E-state index contributed by atoms with van der Waals surface area (Å²) < 4.78 is 0. The zero-order chi connectivity index (χ0) is 21.0. The number of nitrogen functional groups attached to an aromatic ring is 1. The van der Waals surface area contributed by atoms with Gasteiger partial charge in [-0.3, -0.25) is 24.9 Å². The number of nitrogens with one attached hydrogen (secondary N) is 4. The lowest BCUT2D eigenvalue weighted by atomic mass is 9.72. The van der Waals surface area contributed by atoms with Crippen LogP contribution in [0.25, 0.3) is 0 Å². The number of nitrogens with two attached hydrogens (primary N) is 1. The predicted molar refractivity (Wildman–Crippen MR) is 104 cm³/mol. The van der Waals surface area contributed by atoms with Crippen LogP contribution in [0.15, 0.2) is 36.5 Å². The molecule has 0 saturated heterocycles. The smallest absolute Gasteiger partial charge is 0.305 e. The van der Waals surface area contributed by atoms with Crippen LogP contribution in [0.2, 0.25) is 0 Å². The normalized spacial score (nSPS) is 18.9. The Kier molecular flexibility index (Phi) is 5.91. The molecule has 10 nitrogen and oxygen atoms in total. The maximum atomic E-state index is 12.6. The molecule has 1 saturated carbocycles. The second-order valence-electron chi connectivity index (χ2n) is 6.94. The Morgan fingerprint density at radius 3 is 2.34 bits per heavy atom. The van der Waals surface area contributed by atoms with Gasteiger partial charge in [0.05, 0.1) is 18.2 Å². The van der Waals surface area contributed by atoms with Gasteiger partial charge in [0.25, 0.3) is 0 Å². The highest BCUT2D eigenvalue weighted by atomic mass is 16.4. The van der Waals surface area contributed by atoms with Crippen molar-refractivity contribution in [2.45, 2.75) is 25.3 Å². The molecule has 1 aliphatic carbocycles. The average molecular weight is 398 g/mol. The van der Waals surface area contributed by atoms with E-state index in [2.05, 4.69) is 20.8 Å². The van der Waals surface area contributed by atoms with E-state index in [0.29, 0.717) is 29.8 Å². The molecule has 1 heterocycles. The number of nitrogens with zero attached hydrogens (tertiary/aromatic N) is 1. The predicted octanol–water partition coefficient (Wildman–Crippen LogP) is 0.991. The molecule has 1 aromatic heterocycles. The molecule has 7 N–H and O–H groups in total. The van der Waals surface area contributed by atoms with Gasteiger partial charge in [0.1, 0.15) is 5.84 Å². The van der Waals surface area contributed by atoms with Crippen molar-refractivity contribution >= 4 is 29.3 Å². The Morgan fingerprint density at radius 1 is 1.17 bits per heavy atom. The van der Waals surface area contributed by atoms with E-state index < -0.39 is 23.8 Å². The SMILES string of the molecule is N=C(N)c1ccc(NC(=O)C2CCC2C(=O)NC(CC(=O)O)c2ccn[nH]2)cc1. The van der Waals surface area contributed by atoms with Crippen LogP contribution in [-0.4, -0.2) is 38.9 Å². The Morgan fingerprint density at radius 2 is 1.83 bits per heavy atom.